The lowest BCUT2D eigenvalue weighted by atomic mass is 10.3. The fourth-order valence-electron chi connectivity index (χ4n) is 2.71. The molecule has 134 valence electrons. The lowest BCUT2D eigenvalue weighted by Gasteiger charge is -2.20. The molecule has 24 heavy (non-hydrogen) atoms. The third-order valence-electron chi connectivity index (χ3n) is 3.83. The van der Waals surface area contributed by atoms with Gasteiger partial charge in [0.15, 0.2) is 9.84 Å². The number of hydrogen-bond acceptors (Lipinski definition) is 6. The van der Waals surface area contributed by atoms with E-state index in [2.05, 4.69) is 44.9 Å². The van der Waals surface area contributed by atoms with E-state index in [-0.39, 0.29) is 4.90 Å². The maximum Gasteiger partial charge on any atom is 0.239 e. The quantitative estimate of drug-likeness (QED) is 0.536. The van der Waals surface area contributed by atoms with Gasteiger partial charge in [-0.3, -0.25) is 8.87 Å². The van der Waals surface area contributed by atoms with E-state index < -0.39 is 9.84 Å². The van der Waals surface area contributed by atoms with Crippen LogP contribution in [0.4, 0.5) is 0 Å². The van der Waals surface area contributed by atoms with E-state index in [0.717, 1.165) is 31.7 Å². The van der Waals surface area contributed by atoms with E-state index in [1.807, 2.05) is 10.0 Å². The summed E-state index contributed by atoms with van der Waals surface area (Å²) in [5, 5.41) is 0.663. The topological polar surface area (TPSA) is 64.4 Å². The summed E-state index contributed by atoms with van der Waals surface area (Å²) in [5.41, 5.74) is 1.75. The van der Waals surface area contributed by atoms with E-state index in [1.165, 1.54) is 21.6 Å². The van der Waals surface area contributed by atoms with Gasteiger partial charge in [-0.25, -0.2) is 13.4 Å². The lowest BCUT2D eigenvalue weighted by Crippen LogP contribution is -2.24. The molecule has 0 aliphatic carbocycles. The average molecular weight is 483 g/mol. The fourth-order valence-corrected chi connectivity index (χ4v) is 5.31. The van der Waals surface area contributed by atoms with Crippen LogP contribution in [-0.2, 0) is 16.4 Å². The summed E-state index contributed by atoms with van der Waals surface area (Å²) < 4.78 is 31.6. The number of hydrogen-bond donors (Lipinski definition) is 0. The number of pyridine rings is 1. The second-order valence-electron chi connectivity index (χ2n) is 5.53. The Hall–Kier alpha value is -0.520. The van der Waals surface area contributed by atoms with Crippen LogP contribution >= 0.6 is 30.3 Å². The number of ether oxygens (including phenoxy) is 1. The minimum atomic E-state index is -3.37. The molecule has 0 N–H and O–H groups in total. The summed E-state index contributed by atoms with van der Waals surface area (Å²) in [6.45, 7) is 6.97. The molecule has 0 saturated heterocycles. The SMILES string of the molecule is CCCN(CC)Cc1cc2c(S(C)(=O)=O)cnc(OC)c2n1SI. The summed E-state index contributed by atoms with van der Waals surface area (Å²) in [5.74, 6) is 0.436. The summed E-state index contributed by atoms with van der Waals surface area (Å²) in [7, 11) is -0.323. The van der Waals surface area contributed by atoms with Crippen LogP contribution in [0.5, 0.6) is 5.88 Å². The molecular weight excluding hydrogens is 461 g/mol. The molecule has 0 spiro atoms. The number of aromatic nitrogens is 2. The van der Waals surface area contributed by atoms with Gasteiger partial charge in [-0.1, -0.05) is 13.8 Å². The zero-order valence-electron chi connectivity index (χ0n) is 14.2. The minimum Gasteiger partial charge on any atom is -0.479 e. The first-order valence-corrected chi connectivity index (χ1v) is 12.9. The molecule has 0 unspecified atom stereocenters. The van der Waals surface area contributed by atoms with Crippen LogP contribution in [-0.4, -0.2) is 48.7 Å². The summed E-state index contributed by atoms with van der Waals surface area (Å²) in [4.78, 5) is 6.77. The van der Waals surface area contributed by atoms with Crippen LogP contribution in [0, 0.1) is 0 Å². The highest BCUT2D eigenvalue weighted by Gasteiger charge is 2.22. The van der Waals surface area contributed by atoms with Crippen LogP contribution in [0.3, 0.4) is 0 Å². The maximum absolute atomic E-state index is 12.1. The molecule has 6 nitrogen and oxygen atoms in total. The maximum atomic E-state index is 12.1. The van der Waals surface area contributed by atoms with Crippen molar-refractivity contribution < 1.29 is 13.2 Å². The highest BCUT2D eigenvalue weighted by atomic mass is 127. The molecule has 0 amide bonds. The van der Waals surface area contributed by atoms with Crippen LogP contribution in [0.15, 0.2) is 17.2 Å². The fraction of sp³-hybridized carbons (Fsp3) is 0.533. The number of halogens is 1. The Labute approximate surface area is 159 Å². The molecule has 2 aromatic heterocycles. The Bertz CT molecular complexity index is 821. The van der Waals surface area contributed by atoms with Gasteiger partial charge in [0.1, 0.15) is 5.52 Å². The van der Waals surface area contributed by atoms with Gasteiger partial charge in [0.25, 0.3) is 0 Å². The van der Waals surface area contributed by atoms with E-state index in [1.54, 1.807) is 7.11 Å². The largest absolute Gasteiger partial charge is 0.479 e. The first kappa shape index (κ1) is 19.8. The highest BCUT2D eigenvalue weighted by Crippen LogP contribution is 2.37. The predicted octanol–water partition coefficient (Wildman–Crippen LogP) is 3.53. The summed E-state index contributed by atoms with van der Waals surface area (Å²) in [6.07, 6.45) is 3.66. The molecule has 2 aromatic rings. The van der Waals surface area contributed by atoms with Gasteiger partial charge in [0, 0.05) is 54.2 Å². The second-order valence-corrected chi connectivity index (χ2v) is 9.20. The van der Waals surface area contributed by atoms with Crippen molar-refractivity contribution in [3.05, 3.63) is 18.0 Å². The first-order valence-electron chi connectivity index (χ1n) is 7.66. The number of rotatable bonds is 8. The van der Waals surface area contributed by atoms with Gasteiger partial charge in [-0.2, -0.15) is 0 Å². The zero-order chi connectivity index (χ0) is 17.9. The smallest absolute Gasteiger partial charge is 0.239 e. The Morgan fingerprint density at radius 3 is 2.62 bits per heavy atom. The van der Waals surface area contributed by atoms with E-state index in [4.69, 9.17) is 4.74 Å². The van der Waals surface area contributed by atoms with Gasteiger partial charge in [-0.05, 0) is 25.6 Å². The van der Waals surface area contributed by atoms with Crippen molar-refractivity contribution in [2.75, 3.05) is 26.5 Å². The van der Waals surface area contributed by atoms with E-state index >= 15 is 0 Å². The van der Waals surface area contributed by atoms with Gasteiger partial charge in [0.2, 0.25) is 5.88 Å². The summed E-state index contributed by atoms with van der Waals surface area (Å²) >= 11 is 2.20. The van der Waals surface area contributed by atoms with Crippen molar-refractivity contribution in [2.45, 2.75) is 31.7 Å². The van der Waals surface area contributed by atoms with Crippen LogP contribution in [0.25, 0.3) is 10.9 Å². The standard InChI is InChI=1S/C15H22IN3O3S2/c1-5-7-18(6-2)10-11-8-12-13(24(4,20)21)9-17-15(22-3)14(12)19(11)23-16/h8-9H,5-7,10H2,1-4H3. The van der Waals surface area contributed by atoms with Crippen LogP contribution in [0.1, 0.15) is 26.0 Å². The molecule has 0 fully saturated rings. The molecule has 0 aliphatic heterocycles. The molecular formula is C15H22IN3O3S2. The van der Waals surface area contributed by atoms with Gasteiger partial charge in [-0.15, -0.1) is 0 Å². The van der Waals surface area contributed by atoms with Crippen molar-refractivity contribution >= 4 is 51.1 Å². The summed E-state index contributed by atoms with van der Waals surface area (Å²) in [6, 6.07) is 1.94. The Kier molecular flexibility index (Phi) is 6.80. The number of methoxy groups -OCH3 is 1. The van der Waals surface area contributed by atoms with Gasteiger partial charge < -0.3 is 4.74 Å². The third-order valence-corrected chi connectivity index (χ3v) is 6.69. The molecule has 2 heterocycles. The van der Waals surface area contributed by atoms with Gasteiger partial charge in [0.05, 0.1) is 18.2 Å². The van der Waals surface area contributed by atoms with Crippen molar-refractivity contribution in [3.63, 3.8) is 0 Å². The Balaban J connectivity index is 2.69. The van der Waals surface area contributed by atoms with E-state index in [9.17, 15) is 8.42 Å². The zero-order valence-corrected chi connectivity index (χ0v) is 18.0. The lowest BCUT2D eigenvalue weighted by molar-refractivity contribution is 0.277. The molecule has 0 aliphatic rings. The van der Waals surface area contributed by atoms with Crippen molar-refractivity contribution in [2.24, 2.45) is 0 Å². The van der Waals surface area contributed by atoms with Crippen molar-refractivity contribution in [1.29, 1.82) is 0 Å². The normalized spacial score (nSPS) is 12.2. The molecule has 2 rings (SSSR count). The number of sulfone groups is 1. The Morgan fingerprint density at radius 2 is 2.12 bits per heavy atom. The minimum absolute atomic E-state index is 0.238. The average Bonchev–Trinajstić information content (AvgIpc) is 2.90. The van der Waals surface area contributed by atoms with Crippen molar-refractivity contribution in [1.82, 2.24) is 13.9 Å². The molecule has 9 heteroatoms. The number of nitrogens with zero attached hydrogens (tertiary/aromatic N) is 3. The van der Waals surface area contributed by atoms with Crippen LogP contribution in [0.2, 0.25) is 0 Å². The van der Waals surface area contributed by atoms with E-state index in [0.29, 0.717) is 16.8 Å². The predicted molar refractivity (Wildman–Crippen MR) is 108 cm³/mol. The molecule has 0 radical (unpaired) electrons. The highest BCUT2D eigenvalue weighted by molar-refractivity contribution is 14.2. The molecule has 0 bridgehead atoms. The monoisotopic (exact) mass is 483 g/mol. The molecule has 0 aromatic carbocycles. The molecule has 0 atom stereocenters. The number of fused-ring (bicyclic) bond motifs is 1. The molecule has 0 saturated carbocycles. The first-order chi connectivity index (χ1) is 11.4. The van der Waals surface area contributed by atoms with Crippen molar-refractivity contribution in [3.8, 4) is 5.88 Å². The second kappa shape index (κ2) is 8.24. The van der Waals surface area contributed by atoms with Gasteiger partial charge >= 0.3 is 0 Å². The van der Waals surface area contributed by atoms with Crippen LogP contribution < -0.4 is 4.74 Å². The third kappa shape index (κ3) is 4.00. The Morgan fingerprint density at radius 1 is 1.42 bits per heavy atom.